The molecule has 1 saturated heterocycles. The van der Waals surface area contributed by atoms with Crippen LogP contribution in [-0.4, -0.2) is 66.3 Å². The minimum Gasteiger partial charge on any atom is -0.489 e. The van der Waals surface area contributed by atoms with E-state index in [0.29, 0.717) is 17.4 Å². The van der Waals surface area contributed by atoms with E-state index in [1.807, 2.05) is 0 Å². The Morgan fingerprint density at radius 1 is 0.942 bits per heavy atom. The second-order valence-electron chi connectivity index (χ2n) is 10.1. The molecule has 0 bridgehead atoms. The smallest absolute Gasteiger partial charge is 0.295 e. The number of amides is 3. The lowest BCUT2D eigenvalue weighted by Crippen LogP contribution is -2.58. The number of rotatable bonds is 13. The lowest BCUT2D eigenvalue weighted by atomic mass is 10.1. The Morgan fingerprint density at radius 2 is 1.62 bits per heavy atom. The molecule has 0 unspecified atom stereocenters. The van der Waals surface area contributed by atoms with Gasteiger partial charge in [0.25, 0.3) is 27.8 Å². The summed E-state index contributed by atoms with van der Waals surface area (Å²) in [5, 5.41) is 53.4. The van der Waals surface area contributed by atoms with E-state index in [9.17, 15) is 32.5 Å². The highest BCUT2D eigenvalue weighted by atomic mass is 32.2. The molecule has 0 atom stereocenters. The zero-order chi connectivity index (χ0) is 37.3. The van der Waals surface area contributed by atoms with Crippen LogP contribution in [0, 0.1) is 11.5 Å². The molecule has 0 radical (unpaired) electrons. The molecule has 52 heavy (non-hydrogen) atoms. The number of nitrogens with one attached hydrogen (secondary N) is 3. The van der Waals surface area contributed by atoms with Gasteiger partial charge in [0.2, 0.25) is 18.2 Å². The molecule has 0 aliphatic carbocycles. The number of nitrogens with zero attached hydrogens (tertiary/aromatic N) is 6. The standard InChI is InChI=1S/C30H23N9O11S2/c31-15-32-30-34-28(42)26(29(43)35-30)39-36-18-4-1-16(2-5-18)27(41)33-23-8-7-20(13-24(23)48-10-9-40)38-37-19-6-3-17-11-21(51-50-49-44)14-25(22(17)12-19)52(45,46)47/h1-8,11-14,26,40,44H,9-10H2,(H,33,41)(H,45,46,47)(H2,32,34,35,42,43)/b38-37+,39-36+. The SMILES string of the molecule is N#CN=C1NC(=O)C(/N=N/c2ccc(C(=O)Nc3ccc(/N=N/c4ccc5cc(SOOO)cc(S(=O)(=O)O)c5c4)cc3OCCO)cc2)C(=O)N1. The van der Waals surface area contributed by atoms with Gasteiger partial charge in [0, 0.05) is 21.9 Å². The van der Waals surface area contributed by atoms with Crippen molar-refractivity contribution in [2.24, 2.45) is 25.4 Å². The molecule has 20 nitrogen and oxygen atoms in total. The second-order valence-corrected chi connectivity index (χ2v) is 12.3. The molecule has 0 aromatic heterocycles. The van der Waals surface area contributed by atoms with Gasteiger partial charge in [-0.2, -0.15) is 34.1 Å². The number of benzene rings is 4. The van der Waals surface area contributed by atoms with Crippen molar-refractivity contribution < 1.29 is 51.8 Å². The topological polar surface area (TPSA) is 295 Å². The Balaban J connectivity index is 1.30. The van der Waals surface area contributed by atoms with Gasteiger partial charge in [0.15, 0.2) is 0 Å². The highest BCUT2D eigenvalue weighted by Gasteiger charge is 2.33. The molecule has 266 valence electrons. The van der Waals surface area contributed by atoms with E-state index in [1.165, 1.54) is 72.9 Å². The number of aliphatic hydroxyl groups excluding tert-OH is 1. The van der Waals surface area contributed by atoms with Crippen LogP contribution in [0.4, 0.5) is 22.7 Å². The Hall–Kier alpha value is -6.19. The van der Waals surface area contributed by atoms with Gasteiger partial charge in [-0.1, -0.05) is 11.1 Å². The molecule has 4 aromatic rings. The molecule has 1 aliphatic heterocycles. The van der Waals surface area contributed by atoms with Crippen molar-refractivity contribution in [1.82, 2.24) is 10.6 Å². The fraction of sp³-hybridized carbons (Fsp3) is 0.100. The fourth-order valence-electron chi connectivity index (χ4n) is 4.46. The van der Waals surface area contributed by atoms with Gasteiger partial charge in [0.05, 0.1) is 41.4 Å². The zero-order valence-electron chi connectivity index (χ0n) is 26.0. The summed E-state index contributed by atoms with van der Waals surface area (Å²) in [7, 11) is -4.69. The number of azo groups is 2. The van der Waals surface area contributed by atoms with Crippen molar-refractivity contribution in [2.75, 3.05) is 18.5 Å². The first-order valence-electron chi connectivity index (χ1n) is 14.4. The lowest BCUT2D eigenvalue weighted by molar-refractivity contribution is -0.432. The number of ether oxygens (including phenoxy) is 1. The minimum absolute atomic E-state index is 0.120. The minimum atomic E-state index is -4.69. The summed E-state index contributed by atoms with van der Waals surface area (Å²) in [6.45, 7) is -0.452. The number of carbonyl (C=O) groups excluding carboxylic acids is 3. The normalized spacial score (nSPS) is 14.7. The summed E-state index contributed by atoms with van der Waals surface area (Å²) in [6.07, 6.45) is 1.44. The Kier molecular flexibility index (Phi) is 11.9. The number of anilines is 1. The summed E-state index contributed by atoms with van der Waals surface area (Å²) in [4.78, 5) is 40.3. The monoisotopic (exact) mass is 749 g/mol. The van der Waals surface area contributed by atoms with Gasteiger partial charge in [0.1, 0.15) is 17.3 Å². The molecular formula is C30H23N9O11S2. The van der Waals surface area contributed by atoms with Crippen molar-refractivity contribution in [2.45, 2.75) is 15.8 Å². The summed E-state index contributed by atoms with van der Waals surface area (Å²) < 4.78 is 43.9. The third-order valence-electron chi connectivity index (χ3n) is 6.72. The maximum atomic E-state index is 13.1. The largest absolute Gasteiger partial charge is 0.489 e. The maximum Gasteiger partial charge on any atom is 0.295 e. The summed E-state index contributed by atoms with van der Waals surface area (Å²) >= 11 is 0.513. The fourth-order valence-corrected chi connectivity index (χ4v) is 5.72. The first kappa shape index (κ1) is 37.1. The Bertz CT molecular complexity index is 2260. The molecule has 0 spiro atoms. The number of hydrogen-bond acceptors (Lipinski definition) is 17. The lowest BCUT2D eigenvalue weighted by Gasteiger charge is -2.18. The average molecular weight is 750 g/mol. The number of aliphatic imine (C=N–C) groups is 1. The van der Waals surface area contributed by atoms with Gasteiger partial charge < -0.3 is 15.2 Å². The van der Waals surface area contributed by atoms with Gasteiger partial charge in [-0.05, 0) is 66.0 Å². The molecule has 0 saturated carbocycles. The number of carbonyl (C=O) groups is 3. The number of nitriles is 1. The first-order valence-corrected chi connectivity index (χ1v) is 16.6. The highest BCUT2D eigenvalue weighted by molar-refractivity contribution is 7.94. The molecule has 22 heteroatoms. The van der Waals surface area contributed by atoms with Crippen molar-refractivity contribution in [3.8, 4) is 11.9 Å². The third kappa shape index (κ3) is 9.32. The zero-order valence-corrected chi connectivity index (χ0v) is 27.7. The summed E-state index contributed by atoms with van der Waals surface area (Å²) in [6, 6.07) is 15.7. The summed E-state index contributed by atoms with van der Waals surface area (Å²) in [5.41, 5.74) is 1.12. The predicted octanol–water partition coefficient (Wildman–Crippen LogP) is 4.09. The van der Waals surface area contributed by atoms with Crippen molar-refractivity contribution in [1.29, 1.82) is 5.26 Å². The van der Waals surface area contributed by atoms with Crippen LogP contribution in [0.3, 0.4) is 0 Å². The average Bonchev–Trinajstić information content (AvgIpc) is 3.12. The van der Waals surface area contributed by atoms with E-state index in [2.05, 4.69) is 50.8 Å². The quantitative estimate of drug-likeness (QED) is 0.0214. The Morgan fingerprint density at radius 3 is 2.27 bits per heavy atom. The molecule has 3 amide bonds. The van der Waals surface area contributed by atoms with Crippen LogP contribution in [0.1, 0.15) is 10.4 Å². The number of guanidine groups is 1. The number of aliphatic hydroxyl groups is 1. The second kappa shape index (κ2) is 16.7. The van der Waals surface area contributed by atoms with Gasteiger partial charge in [-0.3, -0.25) is 29.6 Å². The van der Waals surface area contributed by atoms with Crippen LogP contribution in [0.5, 0.6) is 5.75 Å². The maximum absolute atomic E-state index is 13.1. The van der Waals surface area contributed by atoms with Crippen LogP contribution in [0.15, 0.2) is 108 Å². The first-order chi connectivity index (χ1) is 25.0. The van der Waals surface area contributed by atoms with E-state index in [0.717, 1.165) is 6.07 Å². The van der Waals surface area contributed by atoms with Gasteiger partial charge in [-0.15, -0.1) is 9.33 Å². The number of fused-ring (bicyclic) bond motifs is 1. The van der Waals surface area contributed by atoms with Crippen LogP contribution in [-0.2, 0) is 29.1 Å². The molecule has 5 rings (SSSR count). The molecule has 1 fully saturated rings. The molecule has 1 heterocycles. The molecule has 4 aromatic carbocycles. The molecule has 6 N–H and O–H groups in total. The van der Waals surface area contributed by atoms with Crippen LogP contribution in [0.2, 0.25) is 0 Å². The van der Waals surface area contributed by atoms with Crippen LogP contribution in [0.25, 0.3) is 10.8 Å². The third-order valence-corrected chi connectivity index (χ3v) is 8.17. The van der Waals surface area contributed by atoms with Crippen LogP contribution < -0.4 is 20.7 Å². The van der Waals surface area contributed by atoms with Gasteiger partial charge in [-0.25, -0.2) is 5.26 Å². The van der Waals surface area contributed by atoms with Crippen molar-refractivity contribution >= 4 is 79.4 Å². The number of hydrogen-bond donors (Lipinski definition) is 6. The Labute approximate surface area is 296 Å². The van der Waals surface area contributed by atoms with E-state index in [1.54, 1.807) is 0 Å². The van der Waals surface area contributed by atoms with E-state index in [-0.39, 0.29) is 63.5 Å². The van der Waals surface area contributed by atoms with E-state index >= 15 is 0 Å². The van der Waals surface area contributed by atoms with Crippen molar-refractivity contribution in [3.63, 3.8) is 0 Å². The highest BCUT2D eigenvalue weighted by Crippen LogP contribution is 2.35. The van der Waals surface area contributed by atoms with Gasteiger partial charge >= 0.3 is 0 Å². The molecular weight excluding hydrogens is 727 g/mol. The van der Waals surface area contributed by atoms with E-state index < -0.39 is 38.8 Å². The van der Waals surface area contributed by atoms with Crippen LogP contribution >= 0.6 is 12.0 Å². The molecule has 1 aliphatic rings. The van der Waals surface area contributed by atoms with E-state index in [4.69, 9.17) is 15.3 Å². The summed E-state index contributed by atoms with van der Waals surface area (Å²) in [5.74, 6) is -2.39. The van der Waals surface area contributed by atoms with Crippen molar-refractivity contribution in [3.05, 3.63) is 78.4 Å². The predicted molar refractivity (Wildman–Crippen MR) is 180 cm³/mol.